The monoisotopic (exact) mass is 253 g/mol. The van der Waals surface area contributed by atoms with Crippen LogP contribution in [-0.4, -0.2) is 46.2 Å². The molecule has 1 fully saturated rings. The van der Waals surface area contributed by atoms with E-state index in [0.29, 0.717) is 25.3 Å². The Morgan fingerprint density at radius 3 is 3.06 bits per heavy atom. The second-order valence-corrected chi connectivity index (χ2v) is 4.24. The first-order chi connectivity index (χ1) is 8.66. The van der Waals surface area contributed by atoms with Gasteiger partial charge in [0.05, 0.1) is 18.9 Å². The van der Waals surface area contributed by atoms with Gasteiger partial charge in [0.25, 0.3) is 0 Å². The molecule has 3 N–H and O–H groups in total. The molecule has 18 heavy (non-hydrogen) atoms. The molecule has 98 valence electrons. The summed E-state index contributed by atoms with van der Waals surface area (Å²) < 4.78 is 5.10. The van der Waals surface area contributed by atoms with Gasteiger partial charge in [-0.05, 0) is 6.42 Å². The molecule has 1 aromatic heterocycles. The van der Waals surface area contributed by atoms with Crippen molar-refractivity contribution in [3.05, 3.63) is 18.2 Å². The number of aliphatic carboxylic acids is 1. The lowest BCUT2D eigenvalue weighted by molar-refractivity contribution is -0.142. The Balaban J connectivity index is 1.93. The van der Waals surface area contributed by atoms with Crippen LogP contribution >= 0.6 is 0 Å². The average molecular weight is 253 g/mol. The summed E-state index contributed by atoms with van der Waals surface area (Å²) in [6, 6.07) is -0.946. The smallest absolute Gasteiger partial charge is 0.326 e. The van der Waals surface area contributed by atoms with Crippen LogP contribution in [0.25, 0.3) is 0 Å². The number of hydrogen-bond donors (Lipinski definition) is 3. The summed E-state index contributed by atoms with van der Waals surface area (Å²) in [4.78, 5) is 29.5. The second kappa shape index (κ2) is 5.63. The number of nitrogens with one attached hydrogen (secondary N) is 2. The molecule has 2 heterocycles. The van der Waals surface area contributed by atoms with Crippen molar-refractivity contribution in [1.29, 1.82) is 0 Å². The number of hydrogen-bond acceptors (Lipinski definition) is 4. The van der Waals surface area contributed by atoms with Crippen LogP contribution in [0.4, 0.5) is 0 Å². The fourth-order valence-electron chi connectivity index (χ4n) is 1.85. The van der Waals surface area contributed by atoms with E-state index in [1.807, 2.05) is 0 Å². The number of imidazole rings is 1. The second-order valence-electron chi connectivity index (χ2n) is 4.24. The molecule has 7 heteroatoms. The number of carbonyl (C=O) groups excluding carboxylic acids is 1. The number of aromatic amines is 1. The standard InChI is InChI=1S/C11H15N3O4/c15-10(7-1-2-18-5-7)14-9(11(16)17)3-8-4-12-6-13-8/h4,6-7,9H,1-3,5H2,(H,12,13)(H,14,15)(H,16,17). The molecule has 1 aliphatic heterocycles. The first-order valence-electron chi connectivity index (χ1n) is 5.75. The summed E-state index contributed by atoms with van der Waals surface area (Å²) in [5, 5.41) is 11.6. The first kappa shape index (κ1) is 12.6. The number of ether oxygens (including phenoxy) is 1. The molecule has 1 aromatic rings. The summed E-state index contributed by atoms with van der Waals surface area (Å²) in [6.45, 7) is 0.915. The van der Waals surface area contributed by atoms with Crippen LogP contribution in [0.15, 0.2) is 12.5 Å². The van der Waals surface area contributed by atoms with Crippen LogP contribution in [0.3, 0.4) is 0 Å². The molecule has 7 nitrogen and oxygen atoms in total. The van der Waals surface area contributed by atoms with Gasteiger partial charge in [-0.2, -0.15) is 0 Å². The van der Waals surface area contributed by atoms with Crippen molar-refractivity contribution in [2.75, 3.05) is 13.2 Å². The van der Waals surface area contributed by atoms with E-state index in [9.17, 15) is 9.59 Å². The minimum Gasteiger partial charge on any atom is -0.480 e. The topological polar surface area (TPSA) is 104 Å². The predicted molar refractivity (Wildman–Crippen MR) is 60.8 cm³/mol. The summed E-state index contributed by atoms with van der Waals surface area (Å²) in [5.41, 5.74) is 0.672. The largest absolute Gasteiger partial charge is 0.480 e. The Hall–Kier alpha value is -1.89. The van der Waals surface area contributed by atoms with Gasteiger partial charge in [0.1, 0.15) is 6.04 Å². The van der Waals surface area contributed by atoms with Crippen molar-refractivity contribution in [3.63, 3.8) is 0 Å². The number of amides is 1. The van der Waals surface area contributed by atoms with Crippen LogP contribution in [0.1, 0.15) is 12.1 Å². The number of carboxylic acid groups (broad SMARTS) is 1. The fourth-order valence-corrected chi connectivity index (χ4v) is 1.85. The molecule has 1 amide bonds. The van der Waals surface area contributed by atoms with Gasteiger partial charge in [0.15, 0.2) is 0 Å². The Morgan fingerprint density at radius 2 is 2.50 bits per heavy atom. The first-order valence-corrected chi connectivity index (χ1v) is 5.75. The van der Waals surface area contributed by atoms with E-state index in [1.54, 1.807) is 6.20 Å². The van der Waals surface area contributed by atoms with Gasteiger partial charge < -0.3 is 20.1 Å². The van der Waals surface area contributed by atoms with Gasteiger partial charge in [-0.1, -0.05) is 0 Å². The Bertz CT molecular complexity index is 412. The summed E-state index contributed by atoms with van der Waals surface area (Å²) in [5.74, 6) is -1.56. The van der Waals surface area contributed by atoms with Gasteiger partial charge in [0, 0.05) is 24.9 Å². The molecule has 2 atom stereocenters. The van der Waals surface area contributed by atoms with E-state index in [-0.39, 0.29) is 18.2 Å². The Morgan fingerprint density at radius 1 is 1.67 bits per heavy atom. The zero-order valence-corrected chi connectivity index (χ0v) is 9.76. The Kier molecular flexibility index (Phi) is 3.93. The maximum absolute atomic E-state index is 11.8. The Labute approximate surface area is 104 Å². The van der Waals surface area contributed by atoms with Gasteiger partial charge in [-0.15, -0.1) is 0 Å². The molecule has 0 aliphatic carbocycles. The van der Waals surface area contributed by atoms with Crippen molar-refractivity contribution >= 4 is 11.9 Å². The summed E-state index contributed by atoms with van der Waals surface area (Å²) in [7, 11) is 0. The maximum Gasteiger partial charge on any atom is 0.326 e. The van der Waals surface area contributed by atoms with Crippen LogP contribution < -0.4 is 5.32 Å². The summed E-state index contributed by atoms with van der Waals surface area (Å²) >= 11 is 0. The minimum absolute atomic E-state index is 0.189. The van der Waals surface area contributed by atoms with Gasteiger partial charge >= 0.3 is 5.97 Å². The van der Waals surface area contributed by atoms with Crippen LogP contribution in [0, 0.1) is 5.92 Å². The van der Waals surface area contributed by atoms with E-state index in [0.717, 1.165) is 0 Å². The van der Waals surface area contributed by atoms with Crippen LogP contribution in [-0.2, 0) is 20.7 Å². The molecule has 0 aromatic carbocycles. The quantitative estimate of drug-likeness (QED) is 0.659. The molecule has 0 bridgehead atoms. The average Bonchev–Trinajstić information content (AvgIpc) is 3.00. The molecular weight excluding hydrogens is 238 g/mol. The third kappa shape index (κ3) is 3.07. The minimum atomic E-state index is -1.06. The third-order valence-corrected chi connectivity index (χ3v) is 2.89. The molecule has 1 saturated heterocycles. The number of nitrogens with zero attached hydrogens (tertiary/aromatic N) is 1. The van der Waals surface area contributed by atoms with Crippen molar-refractivity contribution in [3.8, 4) is 0 Å². The zero-order chi connectivity index (χ0) is 13.0. The lowest BCUT2D eigenvalue weighted by atomic mass is 10.1. The van der Waals surface area contributed by atoms with Crippen molar-refractivity contribution in [1.82, 2.24) is 15.3 Å². The molecular formula is C11H15N3O4. The van der Waals surface area contributed by atoms with E-state index < -0.39 is 12.0 Å². The highest BCUT2D eigenvalue weighted by Crippen LogP contribution is 2.12. The highest BCUT2D eigenvalue weighted by atomic mass is 16.5. The SMILES string of the molecule is O=C(NC(Cc1cnc[nH]1)C(=O)O)C1CCOC1. The van der Waals surface area contributed by atoms with Crippen LogP contribution in [0.5, 0.6) is 0 Å². The number of aromatic nitrogens is 2. The van der Waals surface area contributed by atoms with Gasteiger partial charge in [0.2, 0.25) is 5.91 Å². The lowest BCUT2D eigenvalue weighted by Gasteiger charge is -2.16. The van der Waals surface area contributed by atoms with E-state index in [2.05, 4.69) is 15.3 Å². The molecule has 0 spiro atoms. The molecule has 2 unspecified atom stereocenters. The van der Waals surface area contributed by atoms with Gasteiger partial charge in [-0.3, -0.25) is 4.79 Å². The molecule has 2 rings (SSSR count). The zero-order valence-electron chi connectivity index (χ0n) is 9.76. The number of H-pyrrole nitrogens is 1. The van der Waals surface area contributed by atoms with E-state index in [4.69, 9.17) is 9.84 Å². The molecule has 1 aliphatic rings. The predicted octanol–water partition coefficient (Wildman–Crippen LogP) is -0.442. The summed E-state index contributed by atoms with van der Waals surface area (Å²) in [6.07, 6.45) is 3.85. The van der Waals surface area contributed by atoms with Crippen LogP contribution in [0.2, 0.25) is 0 Å². The number of carboxylic acids is 1. The number of rotatable bonds is 5. The van der Waals surface area contributed by atoms with E-state index in [1.165, 1.54) is 6.33 Å². The van der Waals surface area contributed by atoms with Crippen molar-refractivity contribution in [2.45, 2.75) is 18.9 Å². The normalized spacial score (nSPS) is 20.6. The van der Waals surface area contributed by atoms with E-state index >= 15 is 0 Å². The maximum atomic E-state index is 11.8. The van der Waals surface area contributed by atoms with Gasteiger partial charge in [-0.25, -0.2) is 9.78 Å². The third-order valence-electron chi connectivity index (χ3n) is 2.89. The highest BCUT2D eigenvalue weighted by molar-refractivity contribution is 5.85. The fraction of sp³-hybridized carbons (Fsp3) is 0.545. The highest BCUT2D eigenvalue weighted by Gasteiger charge is 2.28. The number of carbonyl (C=O) groups is 2. The van der Waals surface area contributed by atoms with Crippen molar-refractivity contribution < 1.29 is 19.4 Å². The molecule has 0 radical (unpaired) electrons. The lowest BCUT2D eigenvalue weighted by Crippen LogP contribution is -2.45. The molecule has 0 saturated carbocycles. The van der Waals surface area contributed by atoms with Crippen molar-refractivity contribution in [2.24, 2.45) is 5.92 Å².